The predicted molar refractivity (Wildman–Crippen MR) is 46.6 cm³/mol. The van der Waals surface area contributed by atoms with Crippen LogP contribution in [0.5, 0.6) is 0 Å². The number of hydrogen-bond donors (Lipinski definition) is 0. The average Bonchev–Trinajstić information content (AvgIpc) is 2.15. The van der Waals surface area contributed by atoms with Crippen LogP contribution in [0.25, 0.3) is 0 Å². The van der Waals surface area contributed by atoms with E-state index in [0.717, 1.165) is 13.8 Å². The summed E-state index contributed by atoms with van der Waals surface area (Å²) in [6, 6.07) is 0. The molecule has 4 nitrogen and oxygen atoms in total. The van der Waals surface area contributed by atoms with Crippen LogP contribution in [0.1, 0.15) is 20.3 Å². The first-order valence-electron chi connectivity index (χ1n) is 4.49. The van der Waals surface area contributed by atoms with Crippen LogP contribution < -0.4 is 0 Å². The van der Waals surface area contributed by atoms with Crippen molar-refractivity contribution in [2.24, 2.45) is 5.41 Å². The molecule has 0 aromatic rings. The molecule has 0 aliphatic heterocycles. The van der Waals surface area contributed by atoms with Crippen LogP contribution in [0.4, 0.5) is 22.0 Å². The molecule has 0 aromatic carbocycles. The zero-order valence-corrected chi connectivity index (χ0v) is 9.31. The van der Waals surface area contributed by atoms with Gasteiger partial charge in [-0.05, 0) is 13.8 Å². The molecule has 0 heterocycles. The summed E-state index contributed by atoms with van der Waals surface area (Å²) in [5, 5.41) is 0. The Bertz CT molecular complexity index is 358. The topological polar surface area (TPSA) is 60.4 Å². The van der Waals surface area contributed by atoms with Crippen molar-refractivity contribution < 1.29 is 41.1 Å². The number of rotatable bonds is 5. The molecule has 0 saturated carbocycles. The van der Waals surface area contributed by atoms with E-state index in [0.29, 0.717) is 0 Å². The number of carbonyl (C=O) groups excluding carboxylic acids is 3. The van der Waals surface area contributed by atoms with Crippen molar-refractivity contribution in [3.8, 4) is 0 Å². The van der Waals surface area contributed by atoms with Crippen LogP contribution in [-0.2, 0) is 19.1 Å². The molecule has 0 spiro atoms. The SMILES string of the molecule is CC(C)(CC(=O)C(F)(F)C(F)(F)F)C(=O)OC=O. The van der Waals surface area contributed by atoms with Gasteiger partial charge in [-0.1, -0.05) is 0 Å². The molecule has 0 aliphatic carbocycles. The minimum Gasteiger partial charge on any atom is -0.395 e. The average molecular weight is 276 g/mol. The summed E-state index contributed by atoms with van der Waals surface area (Å²) < 4.78 is 64.6. The molecule has 0 aliphatic rings. The number of Topliss-reactive ketones (excluding diaryl/α,β-unsaturated/α-hetero) is 1. The number of ketones is 1. The first-order chi connectivity index (χ1) is 7.86. The standard InChI is InChI=1S/C9H9F5O4/c1-7(2,6(17)18-4-15)3-5(16)8(10,11)9(12,13)14/h4H,3H2,1-2H3. The maximum atomic E-state index is 12.6. The Kier molecular flexibility index (Phi) is 4.56. The Balaban J connectivity index is 4.97. The minimum atomic E-state index is -6.03. The number of esters is 1. The number of carbonyl (C=O) groups is 3. The molecule has 0 atom stereocenters. The largest absolute Gasteiger partial charge is 0.461 e. The van der Waals surface area contributed by atoms with Crippen molar-refractivity contribution in [1.29, 1.82) is 0 Å². The molecule has 0 radical (unpaired) electrons. The fourth-order valence-electron chi connectivity index (χ4n) is 0.946. The fourth-order valence-corrected chi connectivity index (χ4v) is 0.946. The quantitative estimate of drug-likeness (QED) is 0.333. The maximum absolute atomic E-state index is 12.6. The molecular weight excluding hydrogens is 267 g/mol. The van der Waals surface area contributed by atoms with Crippen LogP contribution in [0, 0.1) is 5.41 Å². The normalized spacial score (nSPS) is 13.1. The van der Waals surface area contributed by atoms with E-state index in [-0.39, 0.29) is 6.47 Å². The van der Waals surface area contributed by atoms with Gasteiger partial charge in [-0.2, -0.15) is 22.0 Å². The lowest BCUT2D eigenvalue weighted by Crippen LogP contribution is -2.46. The van der Waals surface area contributed by atoms with Gasteiger partial charge in [0.05, 0.1) is 5.41 Å². The van der Waals surface area contributed by atoms with Gasteiger partial charge >= 0.3 is 24.5 Å². The van der Waals surface area contributed by atoms with Gasteiger partial charge in [0.15, 0.2) is 0 Å². The van der Waals surface area contributed by atoms with Gasteiger partial charge in [-0.25, -0.2) is 0 Å². The second kappa shape index (κ2) is 4.99. The molecule has 0 N–H and O–H groups in total. The van der Waals surface area contributed by atoms with Crippen molar-refractivity contribution >= 4 is 18.2 Å². The fraction of sp³-hybridized carbons (Fsp3) is 0.667. The van der Waals surface area contributed by atoms with E-state index in [1.165, 1.54) is 0 Å². The Morgan fingerprint density at radius 2 is 1.56 bits per heavy atom. The monoisotopic (exact) mass is 276 g/mol. The van der Waals surface area contributed by atoms with Crippen LogP contribution in [-0.4, -0.2) is 30.3 Å². The lowest BCUT2D eigenvalue weighted by Gasteiger charge is -2.24. The van der Waals surface area contributed by atoms with E-state index in [9.17, 15) is 36.3 Å². The first-order valence-corrected chi connectivity index (χ1v) is 4.49. The lowest BCUT2D eigenvalue weighted by atomic mass is 9.86. The molecule has 18 heavy (non-hydrogen) atoms. The molecule has 0 amide bonds. The molecule has 0 aromatic heterocycles. The van der Waals surface area contributed by atoms with E-state index in [1.807, 2.05) is 0 Å². The molecule has 0 rings (SSSR count). The third-order valence-electron chi connectivity index (χ3n) is 2.02. The van der Waals surface area contributed by atoms with Crippen molar-refractivity contribution in [1.82, 2.24) is 0 Å². The Hall–Kier alpha value is -1.54. The highest BCUT2D eigenvalue weighted by Gasteiger charge is 2.63. The molecule has 0 unspecified atom stereocenters. The highest BCUT2D eigenvalue weighted by molar-refractivity contribution is 5.92. The van der Waals surface area contributed by atoms with Gasteiger partial charge in [-0.15, -0.1) is 0 Å². The van der Waals surface area contributed by atoms with E-state index < -0.39 is 35.7 Å². The van der Waals surface area contributed by atoms with Crippen molar-refractivity contribution in [2.75, 3.05) is 0 Å². The Morgan fingerprint density at radius 1 is 1.11 bits per heavy atom. The Morgan fingerprint density at radius 3 is 1.89 bits per heavy atom. The van der Waals surface area contributed by atoms with Gasteiger partial charge in [0.1, 0.15) is 0 Å². The van der Waals surface area contributed by atoms with Crippen LogP contribution in [0.2, 0.25) is 0 Å². The smallest absolute Gasteiger partial charge is 0.395 e. The summed E-state index contributed by atoms with van der Waals surface area (Å²) in [4.78, 5) is 31.8. The van der Waals surface area contributed by atoms with Gasteiger partial charge in [0.2, 0.25) is 5.78 Å². The van der Waals surface area contributed by atoms with Crippen LogP contribution >= 0.6 is 0 Å². The van der Waals surface area contributed by atoms with Gasteiger partial charge in [0.25, 0.3) is 0 Å². The number of alkyl halides is 5. The maximum Gasteiger partial charge on any atom is 0.461 e. The van der Waals surface area contributed by atoms with E-state index in [2.05, 4.69) is 4.74 Å². The minimum absolute atomic E-state index is 0.309. The van der Waals surface area contributed by atoms with Gasteiger partial charge in [-0.3, -0.25) is 14.4 Å². The van der Waals surface area contributed by atoms with Gasteiger partial charge < -0.3 is 4.74 Å². The van der Waals surface area contributed by atoms with Crippen molar-refractivity contribution in [3.63, 3.8) is 0 Å². The third kappa shape index (κ3) is 3.47. The Labute approximate surface area is 98.1 Å². The van der Waals surface area contributed by atoms with E-state index >= 15 is 0 Å². The molecule has 9 heteroatoms. The molecule has 0 bridgehead atoms. The molecular formula is C9H9F5O4. The summed E-state index contributed by atoms with van der Waals surface area (Å²) in [6.45, 7) is 1.50. The molecule has 104 valence electrons. The molecule has 0 saturated heterocycles. The van der Waals surface area contributed by atoms with Crippen LogP contribution in [0.3, 0.4) is 0 Å². The summed E-state index contributed by atoms with van der Waals surface area (Å²) in [7, 11) is 0. The number of ether oxygens (including phenoxy) is 1. The summed E-state index contributed by atoms with van der Waals surface area (Å²) in [5.41, 5.74) is -1.97. The summed E-state index contributed by atoms with van der Waals surface area (Å²) in [5.74, 6) is -9.39. The highest BCUT2D eigenvalue weighted by Crippen LogP contribution is 2.39. The second-order valence-corrected chi connectivity index (χ2v) is 4.06. The van der Waals surface area contributed by atoms with Crippen LogP contribution in [0.15, 0.2) is 0 Å². The zero-order chi connectivity index (χ0) is 14.8. The predicted octanol–water partition coefficient (Wildman–Crippen LogP) is 1.87. The van der Waals surface area contributed by atoms with Crippen molar-refractivity contribution in [2.45, 2.75) is 32.4 Å². The lowest BCUT2D eigenvalue weighted by molar-refractivity contribution is -0.269. The first kappa shape index (κ1) is 16.5. The number of hydrogen-bond acceptors (Lipinski definition) is 4. The third-order valence-corrected chi connectivity index (χ3v) is 2.02. The zero-order valence-electron chi connectivity index (χ0n) is 9.31. The highest BCUT2D eigenvalue weighted by atomic mass is 19.4. The second-order valence-electron chi connectivity index (χ2n) is 4.06. The van der Waals surface area contributed by atoms with E-state index in [1.54, 1.807) is 0 Å². The van der Waals surface area contributed by atoms with Gasteiger partial charge in [0, 0.05) is 6.42 Å². The van der Waals surface area contributed by atoms with Crippen molar-refractivity contribution in [3.05, 3.63) is 0 Å². The summed E-state index contributed by atoms with van der Waals surface area (Å²) >= 11 is 0. The number of halogens is 5. The summed E-state index contributed by atoms with van der Waals surface area (Å²) in [6.07, 6.45) is -7.44. The van der Waals surface area contributed by atoms with E-state index in [4.69, 9.17) is 0 Å². The molecule has 0 fully saturated rings.